The number of methoxy groups -OCH3 is 1. The van der Waals surface area contributed by atoms with Gasteiger partial charge >= 0.3 is 12.0 Å². The quantitative estimate of drug-likeness (QED) is 0.315. The average Bonchev–Trinajstić information content (AvgIpc) is 2.85. The fourth-order valence-corrected chi connectivity index (χ4v) is 3.95. The highest BCUT2D eigenvalue weighted by Crippen LogP contribution is 2.37. The van der Waals surface area contributed by atoms with Crippen LogP contribution in [0.5, 0.6) is 5.75 Å². The molecule has 2 aromatic carbocycles. The minimum absolute atomic E-state index is 0.0959. The summed E-state index contributed by atoms with van der Waals surface area (Å²) in [5.41, 5.74) is 3.42. The van der Waals surface area contributed by atoms with Gasteiger partial charge in [-0.1, -0.05) is 49.0 Å². The van der Waals surface area contributed by atoms with Crippen LogP contribution < -0.4 is 15.0 Å². The number of anilines is 2. The maximum Gasteiger partial charge on any atom is 0.326 e. The second-order valence-electron chi connectivity index (χ2n) is 7.62. The van der Waals surface area contributed by atoms with Crippen LogP contribution in [0.3, 0.4) is 0 Å². The van der Waals surface area contributed by atoms with E-state index in [1.54, 1.807) is 4.90 Å². The van der Waals surface area contributed by atoms with Crippen molar-refractivity contribution in [2.24, 2.45) is 0 Å². The molecule has 2 aromatic rings. The Kier molecular flexibility index (Phi) is 8.54. The highest BCUT2D eigenvalue weighted by molar-refractivity contribution is 8.14. The molecule has 0 saturated carbocycles. The van der Waals surface area contributed by atoms with E-state index in [4.69, 9.17) is 10.1 Å². The minimum Gasteiger partial charge on any atom is -0.486 e. The Morgan fingerprint density at radius 2 is 2.03 bits per heavy atom. The van der Waals surface area contributed by atoms with Gasteiger partial charge in [0.05, 0.1) is 30.1 Å². The number of nitrogens with zero attached hydrogens (tertiary/aromatic N) is 1. The number of carbonyl (C=O) groups excluding carboxylic acids is 2. The van der Waals surface area contributed by atoms with Crippen LogP contribution >= 0.6 is 11.8 Å². The highest BCUT2D eigenvalue weighted by Gasteiger charge is 2.29. The van der Waals surface area contributed by atoms with Crippen LogP contribution in [0, 0.1) is 5.41 Å². The number of amides is 2. The second-order valence-corrected chi connectivity index (χ2v) is 8.69. The number of thioether (sulfide) groups is 1. The molecule has 8 heteroatoms. The number of hydrogen-bond donors (Lipinski definition) is 2. The van der Waals surface area contributed by atoms with E-state index in [0.29, 0.717) is 23.8 Å². The predicted octanol–water partition coefficient (Wildman–Crippen LogP) is 5.57. The van der Waals surface area contributed by atoms with E-state index in [1.165, 1.54) is 7.11 Å². The fourth-order valence-electron chi connectivity index (χ4n) is 3.34. The fraction of sp³-hybridized carbons (Fsp3) is 0.320. The number of urea groups is 1. The standard InChI is InChI=1S/C25H29N3O4S/c1-4-20-15-28(25(30)27-19-8-6-5-7-9-19)21-12-11-18(14-22(21)32-20)17(2)10-13-23(26)33-16-24(29)31-3/h5-12,14,20,26H,4,13,15-16H2,1-3H3,(H,27,30)/b17-10+,26-23?. The molecule has 174 valence electrons. The van der Waals surface area contributed by atoms with Crippen LogP contribution in [0.2, 0.25) is 0 Å². The van der Waals surface area contributed by atoms with Crippen molar-refractivity contribution < 1.29 is 19.1 Å². The molecule has 0 aromatic heterocycles. The van der Waals surface area contributed by atoms with Crippen LogP contribution in [-0.4, -0.2) is 42.6 Å². The van der Waals surface area contributed by atoms with Crippen molar-refractivity contribution in [2.75, 3.05) is 29.6 Å². The molecule has 3 rings (SSSR count). The van der Waals surface area contributed by atoms with E-state index >= 15 is 0 Å². The van der Waals surface area contributed by atoms with Crippen LogP contribution in [0.4, 0.5) is 16.2 Å². The van der Waals surface area contributed by atoms with Gasteiger partial charge < -0.3 is 14.8 Å². The normalized spacial score (nSPS) is 15.3. The zero-order valence-electron chi connectivity index (χ0n) is 19.1. The largest absolute Gasteiger partial charge is 0.486 e. The zero-order valence-corrected chi connectivity index (χ0v) is 19.9. The summed E-state index contributed by atoms with van der Waals surface area (Å²) in [6.45, 7) is 4.49. The smallest absolute Gasteiger partial charge is 0.326 e. The van der Waals surface area contributed by atoms with Gasteiger partial charge in [-0.3, -0.25) is 15.1 Å². The summed E-state index contributed by atoms with van der Waals surface area (Å²) in [7, 11) is 1.34. The molecular formula is C25H29N3O4S. The van der Waals surface area contributed by atoms with Crippen molar-refractivity contribution in [3.8, 4) is 5.75 Å². The van der Waals surface area contributed by atoms with Gasteiger partial charge in [-0.05, 0) is 48.7 Å². The van der Waals surface area contributed by atoms with E-state index in [2.05, 4.69) is 10.1 Å². The predicted molar refractivity (Wildman–Crippen MR) is 134 cm³/mol. The van der Waals surface area contributed by atoms with Crippen molar-refractivity contribution in [2.45, 2.75) is 32.8 Å². The van der Waals surface area contributed by atoms with Crippen molar-refractivity contribution in [3.05, 3.63) is 60.2 Å². The molecule has 2 N–H and O–H groups in total. The molecule has 0 aliphatic carbocycles. The molecule has 0 fully saturated rings. The minimum atomic E-state index is -0.344. The van der Waals surface area contributed by atoms with Crippen LogP contribution in [0.25, 0.3) is 5.57 Å². The van der Waals surface area contributed by atoms with E-state index < -0.39 is 0 Å². The number of carbonyl (C=O) groups is 2. The molecule has 0 saturated heterocycles. The second kappa shape index (κ2) is 11.6. The summed E-state index contributed by atoms with van der Waals surface area (Å²) in [6, 6.07) is 15.0. The first-order chi connectivity index (χ1) is 15.9. The lowest BCUT2D eigenvalue weighted by molar-refractivity contribution is -0.137. The molecular weight excluding hydrogens is 438 g/mol. The summed E-state index contributed by atoms with van der Waals surface area (Å²) in [6.07, 6.45) is 3.06. The summed E-state index contributed by atoms with van der Waals surface area (Å²) < 4.78 is 10.8. The van der Waals surface area contributed by atoms with Gasteiger partial charge in [-0.2, -0.15) is 0 Å². The molecule has 1 aliphatic rings. The number of nitrogens with one attached hydrogen (secondary N) is 2. The van der Waals surface area contributed by atoms with Crippen LogP contribution in [-0.2, 0) is 9.53 Å². The van der Waals surface area contributed by atoms with Crippen LogP contribution in [0.1, 0.15) is 32.3 Å². The van der Waals surface area contributed by atoms with Crippen molar-refractivity contribution >= 4 is 45.8 Å². The zero-order chi connectivity index (χ0) is 23.8. The molecule has 2 amide bonds. The number of allylic oxidation sites excluding steroid dienone is 2. The first-order valence-electron chi connectivity index (χ1n) is 10.8. The lowest BCUT2D eigenvalue weighted by Crippen LogP contribution is -2.45. The third-order valence-corrected chi connectivity index (χ3v) is 6.19. The topological polar surface area (TPSA) is 91.7 Å². The Morgan fingerprint density at radius 1 is 1.27 bits per heavy atom. The molecule has 1 unspecified atom stereocenters. The van der Waals surface area contributed by atoms with E-state index in [9.17, 15) is 9.59 Å². The van der Waals surface area contributed by atoms with Crippen molar-refractivity contribution in [3.63, 3.8) is 0 Å². The van der Waals surface area contributed by atoms with Crippen LogP contribution in [0.15, 0.2) is 54.6 Å². The number of benzene rings is 2. The van der Waals surface area contributed by atoms with Gasteiger partial charge in [0.2, 0.25) is 0 Å². The number of esters is 1. The molecule has 0 bridgehead atoms. The number of hydrogen-bond acceptors (Lipinski definition) is 6. The Labute approximate surface area is 198 Å². The Morgan fingerprint density at radius 3 is 2.73 bits per heavy atom. The summed E-state index contributed by atoms with van der Waals surface area (Å²) >= 11 is 1.16. The van der Waals surface area contributed by atoms with Gasteiger partial charge in [0.15, 0.2) is 0 Å². The third-order valence-electron chi connectivity index (χ3n) is 5.30. The molecule has 1 atom stereocenters. The summed E-state index contributed by atoms with van der Waals surface area (Å²) in [4.78, 5) is 26.0. The van der Waals surface area contributed by atoms with Gasteiger partial charge in [0, 0.05) is 12.1 Å². The SMILES string of the molecule is CCC1CN(C(=O)Nc2ccccc2)c2ccc(/C(C)=C/CC(=N)SCC(=O)OC)cc2O1. The molecule has 0 spiro atoms. The number of para-hydroxylation sites is 1. The molecule has 0 radical (unpaired) electrons. The van der Waals surface area contributed by atoms with E-state index in [-0.39, 0.29) is 23.9 Å². The first kappa shape index (κ1) is 24.4. The van der Waals surface area contributed by atoms with Gasteiger partial charge in [-0.25, -0.2) is 4.79 Å². The number of ether oxygens (including phenoxy) is 2. The Hall–Kier alpha value is -3.26. The summed E-state index contributed by atoms with van der Waals surface area (Å²) in [5, 5.41) is 11.4. The maximum absolute atomic E-state index is 13.0. The Balaban J connectivity index is 1.74. The lowest BCUT2D eigenvalue weighted by atomic mass is 10.0. The van der Waals surface area contributed by atoms with Gasteiger partial charge in [0.1, 0.15) is 11.9 Å². The van der Waals surface area contributed by atoms with Gasteiger partial charge in [-0.15, -0.1) is 0 Å². The molecule has 1 aliphatic heterocycles. The van der Waals surface area contributed by atoms with Crippen molar-refractivity contribution in [1.29, 1.82) is 5.41 Å². The van der Waals surface area contributed by atoms with E-state index in [1.807, 2.05) is 68.5 Å². The monoisotopic (exact) mass is 467 g/mol. The molecule has 7 nitrogen and oxygen atoms in total. The van der Waals surface area contributed by atoms with E-state index in [0.717, 1.165) is 40.7 Å². The summed E-state index contributed by atoms with van der Waals surface area (Å²) in [5.74, 6) is 0.453. The maximum atomic E-state index is 13.0. The Bertz CT molecular complexity index is 1040. The lowest BCUT2D eigenvalue weighted by Gasteiger charge is -2.35. The first-order valence-corrected chi connectivity index (χ1v) is 11.8. The highest BCUT2D eigenvalue weighted by atomic mass is 32.2. The molecule has 1 heterocycles. The molecule has 33 heavy (non-hydrogen) atoms. The number of fused-ring (bicyclic) bond motifs is 1. The van der Waals surface area contributed by atoms with Gasteiger partial charge in [0.25, 0.3) is 0 Å². The van der Waals surface area contributed by atoms with Crippen molar-refractivity contribution in [1.82, 2.24) is 0 Å². The third kappa shape index (κ3) is 6.61. The number of rotatable bonds is 7. The average molecular weight is 468 g/mol.